The highest BCUT2D eigenvalue weighted by Crippen LogP contribution is 2.34. The lowest BCUT2D eigenvalue weighted by atomic mass is 10.1. The highest BCUT2D eigenvalue weighted by Gasteiger charge is 2.07. The summed E-state index contributed by atoms with van der Waals surface area (Å²) in [6.45, 7) is 3.19. The van der Waals surface area contributed by atoms with Crippen LogP contribution in [0.2, 0.25) is 5.02 Å². The molecule has 4 heteroatoms. The first-order valence-corrected chi connectivity index (χ1v) is 7.21. The number of ether oxygens (including phenoxy) is 2. The quantitative estimate of drug-likeness (QED) is 0.558. The monoisotopic (exact) mass is 298 g/mol. The second kappa shape index (κ2) is 6.88. The molecule has 0 radical (unpaired) electrons. The Bertz CT molecular complexity index is 555. The van der Waals surface area contributed by atoms with Gasteiger partial charge >= 0.3 is 0 Å². The van der Waals surface area contributed by atoms with Gasteiger partial charge in [-0.3, -0.25) is 0 Å². The van der Waals surface area contributed by atoms with E-state index in [0.717, 1.165) is 22.9 Å². The van der Waals surface area contributed by atoms with Crippen LogP contribution in [0.3, 0.4) is 0 Å². The predicted octanol–water partition coefficient (Wildman–Crippen LogP) is 4.90. The van der Waals surface area contributed by atoms with Gasteiger partial charge in [-0.2, -0.15) is 0 Å². The maximum atomic E-state index is 6.35. The van der Waals surface area contributed by atoms with Crippen LogP contribution >= 0.6 is 23.2 Å². The molecule has 0 aliphatic heterocycles. The molecule has 0 amide bonds. The van der Waals surface area contributed by atoms with Gasteiger partial charge in [0.25, 0.3) is 0 Å². The Morgan fingerprint density at radius 2 is 1.95 bits per heavy atom. The molecule has 0 aromatic heterocycles. The molecule has 2 aromatic rings. The molecule has 19 heavy (non-hydrogen) atoms. The molecule has 0 saturated carbocycles. The van der Waals surface area contributed by atoms with E-state index in [1.807, 2.05) is 37.3 Å². The summed E-state index contributed by atoms with van der Waals surface area (Å²) in [5.41, 5.74) is 0. The fourth-order valence-corrected chi connectivity index (χ4v) is 2.25. The van der Waals surface area contributed by atoms with Crippen LogP contribution in [-0.4, -0.2) is 19.1 Å². The van der Waals surface area contributed by atoms with Crippen molar-refractivity contribution in [1.82, 2.24) is 0 Å². The summed E-state index contributed by atoms with van der Waals surface area (Å²) >= 11 is 12.0. The van der Waals surface area contributed by atoms with Crippen LogP contribution in [0.4, 0.5) is 0 Å². The largest absolute Gasteiger partial charge is 0.494 e. The first-order chi connectivity index (χ1) is 9.26. The van der Waals surface area contributed by atoms with E-state index in [-0.39, 0.29) is 0 Å². The lowest BCUT2D eigenvalue weighted by Crippen LogP contribution is -1.98. The number of hydrogen-bond acceptors (Lipinski definition) is 2. The molecule has 0 fully saturated rings. The van der Waals surface area contributed by atoms with E-state index in [9.17, 15) is 0 Å². The van der Waals surface area contributed by atoms with Crippen LogP contribution < -0.4 is 9.47 Å². The van der Waals surface area contributed by atoms with Gasteiger partial charge in [0.2, 0.25) is 0 Å². The van der Waals surface area contributed by atoms with Gasteiger partial charge in [-0.15, -0.1) is 11.6 Å². The molecule has 0 N–H and O–H groups in total. The lowest BCUT2D eigenvalue weighted by Gasteiger charge is -2.10. The Hall–Kier alpha value is -1.12. The number of benzene rings is 2. The molecule has 2 aromatic carbocycles. The number of rotatable bonds is 6. The third-order valence-corrected chi connectivity index (χ3v) is 3.39. The lowest BCUT2D eigenvalue weighted by molar-refractivity contribution is 0.319. The van der Waals surface area contributed by atoms with Gasteiger partial charge in [-0.1, -0.05) is 17.7 Å². The van der Waals surface area contributed by atoms with E-state index in [2.05, 4.69) is 0 Å². The van der Waals surface area contributed by atoms with Crippen LogP contribution in [-0.2, 0) is 0 Å². The maximum absolute atomic E-state index is 6.35. The third-order valence-electron chi connectivity index (χ3n) is 2.74. The molecule has 0 bridgehead atoms. The zero-order chi connectivity index (χ0) is 13.7. The van der Waals surface area contributed by atoms with E-state index < -0.39 is 0 Å². The fourth-order valence-electron chi connectivity index (χ4n) is 1.85. The molecule has 0 aliphatic rings. The van der Waals surface area contributed by atoms with Gasteiger partial charge in [0.05, 0.1) is 18.2 Å². The summed E-state index contributed by atoms with van der Waals surface area (Å²) in [6.07, 6.45) is 0.805. The van der Waals surface area contributed by atoms with Crippen molar-refractivity contribution in [2.45, 2.75) is 13.3 Å². The van der Waals surface area contributed by atoms with Crippen molar-refractivity contribution < 1.29 is 9.47 Å². The molecular formula is C15H16Cl2O2. The molecule has 2 nitrogen and oxygen atoms in total. The van der Waals surface area contributed by atoms with E-state index in [4.69, 9.17) is 32.7 Å². The van der Waals surface area contributed by atoms with Gasteiger partial charge in [0.15, 0.2) is 0 Å². The minimum atomic E-state index is 0.575. The number of alkyl halides is 1. The summed E-state index contributed by atoms with van der Waals surface area (Å²) < 4.78 is 11.1. The van der Waals surface area contributed by atoms with Crippen LogP contribution in [0.1, 0.15) is 13.3 Å². The minimum Gasteiger partial charge on any atom is -0.494 e. The molecule has 0 spiro atoms. The Morgan fingerprint density at radius 3 is 2.68 bits per heavy atom. The van der Waals surface area contributed by atoms with E-state index in [0.29, 0.717) is 29.9 Å². The Balaban J connectivity index is 2.28. The highest BCUT2D eigenvalue weighted by atomic mass is 35.5. The average molecular weight is 299 g/mol. The summed E-state index contributed by atoms with van der Waals surface area (Å²) in [4.78, 5) is 0. The summed E-state index contributed by atoms with van der Waals surface area (Å²) in [5.74, 6) is 2.13. The Labute approximate surface area is 123 Å². The van der Waals surface area contributed by atoms with Crippen LogP contribution in [0.5, 0.6) is 11.5 Å². The van der Waals surface area contributed by atoms with Crippen molar-refractivity contribution in [3.05, 3.63) is 35.4 Å². The smallest absolute Gasteiger partial charge is 0.138 e. The fraction of sp³-hybridized carbons (Fsp3) is 0.333. The summed E-state index contributed by atoms with van der Waals surface area (Å²) in [7, 11) is 0. The molecule has 0 unspecified atom stereocenters. The van der Waals surface area contributed by atoms with Gasteiger partial charge in [0, 0.05) is 11.3 Å². The van der Waals surface area contributed by atoms with Crippen molar-refractivity contribution in [3.63, 3.8) is 0 Å². The average Bonchev–Trinajstić information content (AvgIpc) is 2.42. The second-order valence-electron chi connectivity index (χ2n) is 4.08. The molecule has 2 rings (SSSR count). The number of hydrogen-bond donors (Lipinski definition) is 0. The SMILES string of the molecule is CCOc1ccc2c(Cl)c(OCCCCl)ccc2c1. The normalized spacial score (nSPS) is 10.7. The third kappa shape index (κ3) is 3.46. The number of fused-ring (bicyclic) bond motifs is 1. The van der Waals surface area contributed by atoms with E-state index in [1.165, 1.54) is 0 Å². The molecule has 0 saturated heterocycles. The molecule has 0 heterocycles. The van der Waals surface area contributed by atoms with Crippen LogP contribution in [0, 0.1) is 0 Å². The first kappa shape index (κ1) is 14.3. The van der Waals surface area contributed by atoms with Crippen molar-refractivity contribution in [3.8, 4) is 11.5 Å². The van der Waals surface area contributed by atoms with Crippen molar-refractivity contribution >= 4 is 34.0 Å². The molecule has 0 aliphatic carbocycles. The second-order valence-corrected chi connectivity index (χ2v) is 4.84. The van der Waals surface area contributed by atoms with Crippen molar-refractivity contribution in [1.29, 1.82) is 0 Å². The van der Waals surface area contributed by atoms with Crippen LogP contribution in [0.15, 0.2) is 30.3 Å². The van der Waals surface area contributed by atoms with Gasteiger partial charge in [0.1, 0.15) is 11.5 Å². The maximum Gasteiger partial charge on any atom is 0.138 e. The first-order valence-electron chi connectivity index (χ1n) is 6.30. The minimum absolute atomic E-state index is 0.575. The predicted molar refractivity (Wildman–Crippen MR) is 81.0 cm³/mol. The summed E-state index contributed by atoms with van der Waals surface area (Å²) in [6, 6.07) is 9.72. The topological polar surface area (TPSA) is 18.5 Å². The molecule has 102 valence electrons. The van der Waals surface area contributed by atoms with Gasteiger partial charge in [-0.25, -0.2) is 0 Å². The summed E-state index contributed by atoms with van der Waals surface area (Å²) in [5, 5.41) is 2.64. The number of halogens is 2. The van der Waals surface area contributed by atoms with Crippen molar-refractivity contribution in [2.75, 3.05) is 19.1 Å². The standard InChI is InChI=1S/C15H16Cl2O2/c1-2-18-12-5-6-13-11(10-12)4-7-14(15(13)17)19-9-3-8-16/h4-7,10H,2-3,8-9H2,1H3. The molecule has 0 atom stereocenters. The van der Waals surface area contributed by atoms with Gasteiger partial charge in [-0.05, 0) is 43.0 Å². The Morgan fingerprint density at radius 1 is 1.11 bits per heavy atom. The van der Waals surface area contributed by atoms with E-state index in [1.54, 1.807) is 0 Å². The van der Waals surface area contributed by atoms with Crippen LogP contribution in [0.25, 0.3) is 10.8 Å². The van der Waals surface area contributed by atoms with Gasteiger partial charge < -0.3 is 9.47 Å². The van der Waals surface area contributed by atoms with E-state index >= 15 is 0 Å². The molecular weight excluding hydrogens is 283 g/mol. The zero-order valence-corrected chi connectivity index (χ0v) is 12.3. The highest BCUT2D eigenvalue weighted by molar-refractivity contribution is 6.37. The zero-order valence-electron chi connectivity index (χ0n) is 10.8. The van der Waals surface area contributed by atoms with Crippen molar-refractivity contribution in [2.24, 2.45) is 0 Å². The Kier molecular flexibility index (Phi) is 5.17.